The van der Waals surface area contributed by atoms with E-state index in [2.05, 4.69) is 0 Å². The Labute approximate surface area is 111 Å². The highest BCUT2D eigenvalue weighted by Gasteiger charge is 2.14. The van der Waals surface area contributed by atoms with Gasteiger partial charge < -0.3 is 5.73 Å². The maximum Gasteiger partial charge on any atom is 0.175 e. The summed E-state index contributed by atoms with van der Waals surface area (Å²) in [6.45, 7) is 2.02. The number of aryl methyl sites for hydroxylation is 1. The highest BCUT2D eigenvalue weighted by molar-refractivity contribution is 7.90. The van der Waals surface area contributed by atoms with E-state index in [0.29, 0.717) is 4.90 Å². The van der Waals surface area contributed by atoms with Crippen LogP contribution in [-0.4, -0.2) is 14.7 Å². The van der Waals surface area contributed by atoms with Crippen LogP contribution in [0.25, 0.3) is 0 Å². The molecule has 0 aliphatic carbocycles. The van der Waals surface area contributed by atoms with E-state index in [1.54, 1.807) is 35.6 Å². The molecule has 0 amide bonds. The van der Waals surface area contributed by atoms with Crippen molar-refractivity contribution in [1.29, 1.82) is 0 Å². The Bertz CT molecular complexity index is 642. The van der Waals surface area contributed by atoms with E-state index in [1.165, 1.54) is 11.8 Å². The molecule has 0 bridgehead atoms. The standard InChI is InChI=1S/C13H15NO2S2/c1-9-7-8-17-13(9)12(14)10-3-5-11(6-4-10)18(2,15)16/h3-8,12H,14H2,1-2H3. The van der Waals surface area contributed by atoms with Crippen LogP contribution in [0.3, 0.4) is 0 Å². The summed E-state index contributed by atoms with van der Waals surface area (Å²) >= 11 is 1.62. The zero-order valence-electron chi connectivity index (χ0n) is 10.3. The lowest BCUT2D eigenvalue weighted by Gasteiger charge is -2.12. The second-order valence-electron chi connectivity index (χ2n) is 4.29. The third-order valence-corrected chi connectivity index (χ3v) is 5.08. The van der Waals surface area contributed by atoms with E-state index in [0.717, 1.165) is 10.4 Å². The summed E-state index contributed by atoms with van der Waals surface area (Å²) in [5.41, 5.74) is 8.27. The van der Waals surface area contributed by atoms with Gasteiger partial charge in [-0.25, -0.2) is 8.42 Å². The molecule has 1 heterocycles. The van der Waals surface area contributed by atoms with Gasteiger partial charge in [0.1, 0.15) is 0 Å². The van der Waals surface area contributed by atoms with Crippen LogP contribution in [0.4, 0.5) is 0 Å². The van der Waals surface area contributed by atoms with Crippen LogP contribution in [-0.2, 0) is 9.84 Å². The predicted molar refractivity (Wildman–Crippen MR) is 74.6 cm³/mol. The fourth-order valence-corrected chi connectivity index (χ4v) is 3.36. The topological polar surface area (TPSA) is 60.2 Å². The van der Waals surface area contributed by atoms with Crippen LogP contribution < -0.4 is 5.73 Å². The average Bonchev–Trinajstić information content (AvgIpc) is 2.73. The largest absolute Gasteiger partial charge is 0.320 e. The van der Waals surface area contributed by atoms with Gasteiger partial charge in [0.05, 0.1) is 10.9 Å². The normalized spacial score (nSPS) is 13.5. The third-order valence-electron chi connectivity index (χ3n) is 2.85. The molecule has 96 valence electrons. The number of benzene rings is 1. The quantitative estimate of drug-likeness (QED) is 0.940. The smallest absolute Gasteiger partial charge is 0.175 e. The van der Waals surface area contributed by atoms with Crippen LogP contribution in [0.15, 0.2) is 40.6 Å². The van der Waals surface area contributed by atoms with E-state index < -0.39 is 9.84 Å². The van der Waals surface area contributed by atoms with Crippen molar-refractivity contribution in [1.82, 2.24) is 0 Å². The van der Waals surface area contributed by atoms with Crippen molar-refractivity contribution in [3.8, 4) is 0 Å². The van der Waals surface area contributed by atoms with Crippen molar-refractivity contribution < 1.29 is 8.42 Å². The minimum atomic E-state index is -3.15. The van der Waals surface area contributed by atoms with Crippen LogP contribution in [0.5, 0.6) is 0 Å². The summed E-state index contributed by atoms with van der Waals surface area (Å²) in [4.78, 5) is 1.43. The molecule has 0 aliphatic heterocycles. The molecule has 0 aliphatic rings. The number of nitrogens with two attached hydrogens (primary N) is 1. The van der Waals surface area contributed by atoms with E-state index in [1.807, 2.05) is 18.4 Å². The van der Waals surface area contributed by atoms with Crippen molar-refractivity contribution in [2.45, 2.75) is 17.9 Å². The molecule has 1 atom stereocenters. The van der Waals surface area contributed by atoms with E-state index >= 15 is 0 Å². The molecular weight excluding hydrogens is 266 g/mol. The molecule has 2 N–H and O–H groups in total. The Hall–Kier alpha value is -1.17. The Morgan fingerprint density at radius 1 is 1.17 bits per heavy atom. The molecule has 2 aromatic rings. The lowest BCUT2D eigenvalue weighted by atomic mass is 10.0. The molecule has 5 heteroatoms. The second kappa shape index (κ2) is 4.84. The molecule has 1 aromatic heterocycles. The van der Waals surface area contributed by atoms with Gasteiger partial charge in [-0.1, -0.05) is 12.1 Å². The van der Waals surface area contributed by atoms with Gasteiger partial charge in [-0.2, -0.15) is 0 Å². The number of hydrogen-bond donors (Lipinski definition) is 1. The zero-order chi connectivity index (χ0) is 13.3. The zero-order valence-corrected chi connectivity index (χ0v) is 11.9. The summed E-state index contributed by atoms with van der Waals surface area (Å²) in [5.74, 6) is 0. The molecular formula is C13H15NO2S2. The highest BCUT2D eigenvalue weighted by atomic mass is 32.2. The molecule has 0 radical (unpaired) electrons. The van der Waals surface area contributed by atoms with Gasteiger partial charge in [0.2, 0.25) is 0 Å². The monoisotopic (exact) mass is 281 g/mol. The van der Waals surface area contributed by atoms with Gasteiger partial charge in [-0.3, -0.25) is 0 Å². The molecule has 1 unspecified atom stereocenters. The molecule has 18 heavy (non-hydrogen) atoms. The number of sulfone groups is 1. The summed E-state index contributed by atoms with van der Waals surface area (Å²) in [5, 5.41) is 2.01. The Kier molecular flexibility index (Phi) is 3.56. The Morgan fingerprint density at radius 3 is 2.22 bits per heavy atom. The lowest BCUT2D eigenvalue weighted by molar-refractivity contribution is 0.602. The minimum Gasteiger partial charge on any atom is -0.320 e. The van der Waals surface area contributed by atoms with Crippen LogP contribution in [0.2, 0.25) is 0 Å². The summed E-state index contributed by atoms with van der Waals surface area (Å²) in [6, 6.07) is 8.60. The van der Waals surface area contributed by atoms with E-state index in [9.17, 15) is 8.42 Å². The lowest BCUT2D eigenvalue weighted by Crippen LogP contribution is -2.11. The van der Waals surface area contributed by atoms with Gasteiger partial charge in [0, 0.05) is 11.1 Å². The van der Waals surface area contributed by atoms with Gasteiger partial charge in [0.15, 0.2) is 9.84 Å². The van der Waals surface area contributed by atoms with Crippen LogP contribution in [0.1, 0.15) is 22.0 Å². The second-order valence-corrected chi connectivity index (χ2v) is 7.25. The van der Waals surface area contributed by atoms with Gasteiger partial charge in [0.25, 0.3) is 0 Å². The third kappa shape index (κ3) is 2.63. The summed E-state index contributed by atoms with van der Waals surface area (Å²) < 4.78 is 22.7. The number of rotatable bonds is 3. The van der Waals surface area contributed by atoms with Crippen LogP contribution in [0, 0.1) is 6.92 Å². The molecule has 2 rings (SSSR count). The van der Waals surface area contributed by atoms with Gasteiger partial charge >= 0.3 is 0 Å². The first-order chi connectivity index (χ1) is 8.39. The van der Waals surface area contributed by atoms with Gasteiger partial charge in [-0.05, 0) is 41.6 Å². The summed E-state index contributed by atoms with van der Waals surface area (Å²) in [7, 11) is -3.15. The van der Waals surface area contributed by atoms with Crippen LogP contribution >= 0.6 is 11.3 Å². The van der Waals surface area contributed by atoms with E-state index in [-0.39, 0.29) is 6.04 Å². The number of thiophene rings is 1. The maximum atomic E-state index is 11.4. The van der Waals surface area contributed by atoms with Gasteiger partial charge in [-0.15, -0.1) is 11.3 Å². The molecule has 0 spiro atoms. The first-order valence-electron chi connectivity index (χ1n) is 5.49. The molecule has 0 saturated heterocycles. The van der Waals surface area contributed by atoms with Crippen molar-refractivity contribution in [3.05, 3.63) is 51.7 Å². The van der Waals surface area contributed by atoms with Crippen molar-refractivity contribution in [2.75, 3.05) is 6.26 Å². The number of hydrogen-bond acceptors (Lipinski definition) is 4. The Morgan fingerprint density at radius 2 is 1.78 bits per heavy atom. The molecule has 0 fully saturated rings. The molecule has 3 nitrogen and oxygen atoms in total. The van der Waals surface area contributed by atoms with Crippen molar-refractivity contribution in [3.63, 3.8) is 0 Å². The first-order valence-corrected chi connectivity index (χ1v) is 8.26. The summed E-state index contributed by atoms with van der Waals surface area (Å²) in [6.07, 6.45) is 1.20. The average molecular weight is 281 g/mol. The molecule has 1 aromatic carbocycles. The van der Waals surface area contributed by atoms with E-state index in [4.69, 9.17) is 5.73 Å². The fourth-order valence-electron chi connectivity index (χ4n) is 1.78. The Balaban J connectivity index is 2.33. The maximum absolute atomic E-state index is 11.4. The minimum absolute atomic E-state index is 0.196. The van der Waals surface area contributed by atoms with Crippen molar-refractivity contribution >= 4 is 21.2 Å². The SMILES string of the molecule is Cc1ccsc1C(N)c1ccc(S(C)(=O)=O)cc1. The molecule has 0 saturated carbocycles. The first kappa shape index (κ1) is 13.3. The van der Waals surface area contributed by atoms with Crippen molar-refractivity contribution in [2.24, 2.45) is 5.73 Å². The predicted octanol–water partition coefficient (Wildman–Crippen LogP) is 2.51. The highest BCUT2D eigenvalue weighted by Crippen LogP contribution is 2.27. The fraction of sp³-hybridized carbons (Fsp3) is 0.231.